The topological polar surface area (TPSA) is 29.9 Å². The summed E-state index contributed by atoms with van der Waals surface area (Å²) in [6.45, 7) is 9.70. The average Bonchev–Trinajstić information content (AvgIpc) is 2.57. The van der Waals surface area contributed by atoms with Crippen LogP contribution < -0.4 is 5.32 Å². The number of allylic oxidation sites excluding steroid dienone is 1. The van der Waals surface area contributed by atoms with Crippen LogP contribution in [0.25, 0.3) is 5.57 Å². The van der Waals surface area contributed by atoms with Crippen LogP contribution in [0.2, 0.25) is 0 Å². The Balaban J connectivity index is 2.44. The molecular formula is C13H23N3. The van der Waals surface area contributed by atoms with Gasteiger partial charge in [-0.25, -0.2) is 0 Å². The van der Waals surface area contributed by atoms with Crippen molar-refractivity contribution >= 4 is 5.57 Å². The molecule has 0 saturated carbocycles. The zero-order valence-electron chi connectivity index (χ0n) is 11.0. The Hall–Kier alpha value is -1.09. The van der Waals surface area contributed by atoms with E-state index in [4.69, 9.17) is 0 Å². The smallest absolute Gasteiger partial charge is 0.0632 e. The lowest BCUT2D eigenvalue weighted by atomic mass is 10.1. The molecule has 1 aromatic rings. The Morgan fingerprint density at radius 2 is 2.19 bits per heavy atom. The first-order chi connectivity index (χ1) is 7.40. The third kappa shape index (κ3) is 4.19. The van der Waals surface area contributed by atoms with Crippen molar-refractivity contribution < 1.29 is 0 Å². The molecule has 0 spiro atoms. The molecule has 0 aromatic carbocycles. The Morgan fingerprint density at radius 3 is 2.69 bits per heavy atom. The van der Waals surface area contributed by atoms with Gasteiger partial charge >= 0.3 is 0 Å². The van der Waals surface area contributed by atoms with Crippen LogP contribution in [-0.4, -0.2) is 21.9 Å². The molecule has 3 heteroatoms. The molecule has 16 heavy (non-hydrogen) atoms. The maximum Gasteiger partial charge on any atom is 0.0632 e. The van der Waals surface area contributed by atoms with Gasteiger partial charge in [0.25, 0.3) is 0 Å². The van der Waals surface area contributed by atoms with Gasteiger partial charge in [-0.3, -0.25) is 4.68 Å². The van der Waals surface area contributed by atoms with E-state index in [0.717, 1.165) is 13.0 Å². The molecule has 0 unspecified atom stereocenters. The first kappa shape index (κ1) is 13.0. The fraction of sp³-hybridized carbons (Fsp3) is 0.615. The van der Waals surface area contributed by atoms with Crippen LogP contribution >= 0.6 is 0 Å². The molecule has 0 atom stereocenters. The zero-order valence-corrected chi connectivity index (χ0v) is 11.0. The fourth-order valence-corrected chi connectivity index (χ4v) is 1.60. The second-order valence-electron chi connectivity index (χ2n) is 5.19. The van der Waals surface area contributed by atoms with Gasteiger partial charge in [0.1, 0.15) is 0 Å². The van der Waals surface area contributed by atoms with Crippen molar-refractivity contribution in [2.24, 2.45) is 7.05 Å². The van der Waals surface area contributed by atoms with E-state index in [0.29, 0.717) is 0 Å². The van der Waals surface area contributed by atoms with Crippen LogP contribution in [-0.2, 0) is 7.05 Å². The predicted octanol–water partition coefficient (Wildman–Crippen LogP) is 2.60. The predicted molar refractivity (Wildman–Crippen MR) is 69.2 cm³/mol. The van der Waals surface area contributed by atoms with Crippen LogP contribution in [0.4, 0.5) is 0 Å². The molecule has 3 nitrogen and oxygen atoms in total. The molecule has 0 saturated heterocycles. The monoisotopic (exact) mass is 221 g/mol. The van der Waals surface area contributed by atoms with Crippen molar-refractivity contribution in [1.82, 2.24) is 15.1 Å². The lowest BCUT2D eigenvalue weighted by molar-refractivity contribution is 0.431. The molecule has 1 heterocycles. The van der Waals surface area contributed by atoms with E-state index in [9.17, 15) is 0 Å². The molecule has 0 amide bonds. The van der Waals surface area contributed by atoms with E-state index >= 15 is 0 Å². The first-order valence-corrected chi connectivity index (χ1v) is 5.80. The van der Waals surface area contributed by atoms with Gasteiger partial charge in [-0.05, 0) is 52.3 Å². The van der Waals surface area contributed by atoms with Crippen molar-refractivity contribution in [2.45, 2.75) is 39.7 Å². The molecular weight excluding hydrogens is 198 g/mol. The van der Waals surface area contributed by atoms with Crippen LogP contribution in [0.1, 0.15) is 39.8 Å². The minimum atomic E-state index is 0.203. The van der Waals surface area contributed by atoms with E-state index in [-0.39, 0.29) is 5.54 Å². The van der Waals surface area contributed by atoms with Crippen molar-refractivity contribution in [3.8, 4) is 0 Å². The second-order valence-corrected chi connectivity index (χ2v) is 5.19. The summed E-state index contributed by atoms with van der Waals surface area (Å²) in [4.78, 5) is 0. The quantitative estimate of drug-likeness (QED) is 0.792. The van der Waals surface area contributed by atoms with Gasteiger partial charge in [0.15, 0.2) is 0 Å². The summed E-state index contributed by atoms with van der Waals surface area (Å²) in [6, 6.07) is 2.04. The molecule has 90 valence electrons. The number of rotatable bonds is 4. The maximum atomic E-state index is 4.17. The molecule has 0 fully saturated rings. The average molecular weight is 221 g/mol. The van der Waals surface area contributed by atoms with E-state index in [2.05, 4.69) is 44.2 Å². The molecule has 0 bridgehead atoms. The summed E-state index contributed by atoms with van der Waals surface area (Å²) >= 11 is 0. The lowest BCUT2D eigenvalue weighted by Gasteiger charge is -2.19. The van der Waals surface area contributed by atoms with Gasteiger partial charge < -0.3 is 5.32 Å². The number of aromatic nitrogens is 2. The summed E-state index contributed by atoms with van der Waals surface area (Å²) in [5.41, 5.74) is 2.68. The summed E-state index contributed by atoms with van der Waals surface area (Å²) in [6.07, 6.45) is 5.14. The molecule has 1 N–H and O–H groups in total. The number of aryl methyl sites for hydroxylation is 1. The summed E-state index contributed by atoms with van der Waals surface area (Å²) in [5.74, 6) is 0. The number of hydrogen-bond acceptors (Lipinski definition) is 2. The normalized spacial score (nSPS) is 13.2. The van der Waals surface area contributed by atoms with Gasteiger partial charge in [-0.1, -0.05) is 6.08 Å². The van der Waals surface area contributed by atoms with Crippen molar-refractivity contribution in [2.75, 3.05) is 6.54 Å². The number of nitrogens with one attached hydrogen (secondary N) is 1. The first-order valence-electron chi connectivity index (χ1n) is 5.80. The van der Waals surface area contributed by atoms with E-state index in [1.807, 2.05) is 24.0 Å². The summed E-state index contributed by atoms with van der Waals surface area (Å²) < 4.78 is 1.91. The molecule has 0 aliphatic carbocycles. The molecule has 0 radical (unpaired) electrons. The molecule has 1 rings (SSSR count). The Morgan fingerprint density at radius 1 is 1.50 bits per heavy atom. The van der Waals surface area contributed by atoms with Gasteiger partial charge in [-0.2, -0.15) is 5.10 Å². The SMILES string of the molecule is CC(=CCCNC(C)(C)C)c1ccnn1C. The number of nitrogens with zero attached hydrogens (tertiary/aromatic N) is 2. The van der Waals surface area contributed by atoms with Crippen LogP contribution in [0, 0.1) is 0 Å². The minimum absolute atomic E-state index is 0.203. The standard InChI is InChI=1S/C13H23N3/c1-11(12-8-10-15-16(12)5)7-6-9-14-13(2,3)4/h7-8,10,14H,6,9H2,1-5H3. The van der Waals surface area contributed by atoms with Crippen LogP contribution in [0.15, 0.2) is 18.3 Å². The minimum Gasteiger partial charge on any atom is -0.312 e. The van der Waals surface area contributed by atoms with E-state index in [1.54, 1.807) is 0 Å². The highest BCUT2D eigenvalue weighted by atomic mass is 15.3. The summed E-state index contributed by atoms with van der Waals surface area (Å²) in [5, 5.41) is 7.64. The Kier molecular flexibility index (Phi) is 4.30. The van der Waals surface area contributed by atoms with Crippen LogP contribution in [0.5, 0.6) is 0 Å². The van der Waals surface area contributed by atoms with Gasteiger partial charge in [-0.15, -0.1) is 0 Å². The second kappa shape index (κ2) is 5.30. The van der Waals surface area contributed by atoms with Gasteiger partial charge in [0, 0.05) is 18.8 Å². The highest BCUT2D eigenvalue weighted by Crippen LogP contribution is 2.12. The zero-order chi connectivity index (χ0) is 12.2. The Bertz CT molecular complexity index is 355. The number of hydrogen-bond donors (Lipinski definition) is 1. The third-order valence-corrected chi connectivity index (χ3v) is 2.48. The summed E-state index contributed by atoms with van der Waals surface area (Å²) in [7, 11) is 1.97. The fourth-order valence-electron chi connectivity index (χ4n) is 1.60. The highest BCUT2D eigenvalue weighted by Gasteiger charge is 2.06. The van der Waals surface area contributed by atoms with Crippen molar-refractivity contribution in [1.29, 1.82) is 0 Å². The highest BCUT2D eigenvalue weighted by molar-refractivity contribution is 5.60. The van der Waals surface area contributed by atoms with Crippen LogP contribution in [0.3, 0.4) is 0 Å². The Labute approximate surface area is 98.5 Å². The van der Waals surface area contributed by atoms with Crippen molar-refractivity contribution in [3.63, 3.8) is 0 Å². The molecule has 0 aliphatic rings. The van der Waals surface area contributed by atoms with Gasteiger partial charge in [0.05, 0.1) is 5.69 Å². The van der Waals surface area contributed by atoms with E-state index < -0.39 is 0 Å². The van der Waals surface area contributed by atoms with Gasteiger partial charge in [0.2, 0.25) is 0 Å². The largest absolute Gasteiger partial charge is 0.312 e. The lowest BCUT2D eigenvalue weighted by Crippen LogP contribution is -2.36. The maximum absolute atomic E-state index is 4.17. The molecule has 1 aromatic heterocycles. The molecule has 0 aliphatic heterocycles. The van der Waals surface area contributed by atoms with Crippen molar-refractivity contribution in [3.05, 3.63) is 24.0 Å². The van der Waals surface area contributed by atoms with E-state index in [1.165, 1.54) is 11.3 Å². The third-order valence-electron chi connectivity index (χ3n) is 2.48.